The molecule has 0 aliphatic carbocycles. The lowest BCUT2D eigenvalue weighted by Gasteiger charge is -2.27. The molecule has 1 heterocycles. The second kappa shape index (κ2) is 4.70. The minimum Gasteiger partial charge on any atom is -0.480 e. The van der Waals surface area contributed by atoms with Crippen LogP contribution in [0.2, 0.25) is 0 Å². The van der Waals surface area contributed by atoms with Gasteiger partial charge < -0.3 is 5.11 Å². The molecule has 1 atom stereocenters. The van der Waals surface area contributed by atoms with E-state index in [0.717, 1.165) is 6.92 Å². The van der Waals surface area contributed by atoms with E-state index >= 15 is 0 Å². The Bertz CT molecular complexity index is 394. The van der Waals surface area contributed by atoms with Crippen molar-refractivity contribution in [2.45, 2.75) is 18.6 Å². The van der Waals surface area contributed by atoms with Crippen molar-refractivity contribution >= 4 is 5.97 Å². The van der Waals surface area contributed by atoms with Crippen molar-refractivity contribution in [1.29, 1.82) is 0 Å². The van der Waals surface area contributed by atoms with Crippen molar-refractivity contribution < 1.29 is 23.1 Å². The Morgan fingerprint density at radius 3 is 2.59 bits per heavy atom. The van der Waals surface area contributed by atoms with Crippen LogP contribution in [0.4, 0.5) is 13.2 Å². The third kappa shape index (κ3) is 3.42. The van der Waals surface area contributed by atoms with Gasteiger partial charge in [-0.1, -0.05) is 6.07 Å². The van der Waals surface area contributed by atoms with Crippen LogP contribution in [0, 0.1) is 0 Å². The lowest BCUT2D eigenvalue weighted by molar-refractivity contribution is -0.150. The van der Waals surface area contributed by atoms with Crippen molar-refractivity contribution in [2.75, 3.05) is 6.54 Å². The minimum absolute atomic E-state index is 0.164. The summed E-state index contributed by atoms with van der Waals surface area (Å²) in [7, 11) is 0. The number of carboxylic acid groups (broad SMARTS) is 1. The van der Waals surface area contributed by atoms with E-state index in [0.29, 0.717) is 0 Å². The van der Waals surface area contributed by atoms with Gasteiger partial charge in [0.2, 0.25) is 0 Å². The summed E-state index contributed by atoms with van der Waals surface area (Å²) in [5.41, 5.74) is -1.65. The van der Waals surface area contributed by atoms with E-state index in [1.165, 1.54) is 24.5 Å². The second-order valence-electron chi connectivity index (χ2n) is 3.64. The Morgan fingerprint density at radius 1 is 1.53 bits per heavy atom. The molecule has 0 aliphatic heterocycles. The smallest absolute Gasteiger partial charge is 0.401 e. The Labute approximate surface area is 95.5 Å². The SMILES string of the molecule is CC(NCC(F)(F)F)(C(=O)O)c1cccnc1. The first-order valence-electron chi connectivity index (χ1n) is 4.71. The van der Waals surface area contributed by atoms with Crippen LogP contribution in [0.25, 0.3) is 0 Å². The summed E-state index contributed by atoms with van der Waals surface area (Å²) in [6.07, 6.45) is -1.84. The zero-order valence-electron chi connectivity index (χ0n) is 8.95. The summed E-state index contributed by atoms with van der Waals surface area (Å²) < 4.78 is 36.3. The van der Waals surface area contributed by atoms with Gasteiger partial charge in [-0.05, 0) is 13.0 Å². The molecule has 0 aromatic carbocycles. The van der Waals surface area contributed by atoms with E-state index in [-0.39, 0.29) is 5.56 Å². The first-order chi connectivity index (χ1) is 7.76. The molecule has 2 N–H and O–H groups in total. The average molecular weight is 248 g/mol. The number of carboxylic acids is 1. The van der Waals surface area contributed by atoms with E-state index in [9.17, 15) is 18.0 Å². The summed E-state index contributed by atoms with van der Waals surface area (Å²) in [6.45, 7) is -0.219. The first-order valence-corrected chi connectivity index (χ1v) is 4.71. The van der Waals surface area contributed by atoms with Crippen LogP contribution in [0.1, 0.15) is 12.5 Å². The second-order valence-corrected chi connectivity index (χ2v) is 3.64. The van der Waals surface area contributed by atoms with Crippen LogP contribution in [0.5, 0.6) is 0 Å². The fourth-order valence-corrected chi connectivity index (χ4v) is 1.24. The normalized spacial score (nSPS) is 15.3. The summed E-state index contributed by atoms with van der Waals surface area (Å²) >= 11 is 0. The number of hydrogen-bond acceptors (Lipinski definition) is 3. The minimum atomic E-state index is -4.47. The van der Waals surface area contributed by atoms with Crippen molar-refractivity contribution in [3.8, 4) is 0 Å². The van der Waals surface area contributed by atoms with Crippen molar-refractivity contribution in [2.24, 2.45) is 0 Å². The molecule has 0 radical (unpaired) electrons. The van der Waals surface area contributed by atoms with Gasteiger partial charge in [0.15, 0.2) is 0 Å². The molecule has 0 saturated heterocycles. The molecule has 4 nitrogen and oxygen atoms in total. The first kappa shape index (κ1) is 13.4. The predicted octanol–water partition coefficient (Wildman–Crippen LogP) is 1.53. The molecule has 1 aromatic heterocycles. The van der Waals surface area contributed by atoms with Gasteiger partial charge in [-0.3, -0.25) is 10.3 Å². The number of halogens is 3. The molecule has 0 aliphatic rings. The highest BCUT2D eigenvalue weighted by Gasteiger charge is 2.39. The Kier molecular flexibility index (Phi) is 3.72. The fourth-order valence-electron chi connectivity index (χ4n) is 1.24. The largest absolute Gasteiger partial charge is 0.480 e. The van der Waals surface area contributed by atoms with Crippen molar-refractivity contribution in [1.82, 2.24) is 10.3 Å². The quantitative estimate of drug-likeness (QED) is 0.848. The Hall–Kier alpha value is -1.63. The highest BCUT2D eigenvalue weighted by molar-refractivity contribution is 5.80. The molecular formula is C10H11F3N2O2. The molecular weight excluding hydrogens is 237 g/mol. The molecule has 17 heavy (non-hydrogen) atoms. The number of rotatable bonds is 4. The molecule has 1 unspecified atom stereocenters. The molecule has 0 fully saturated rings. The fraction of sp³-hybridized carbons (Fsp3) is 0.400. The van der Waals surface area contributed by atoms with Gasteiger partial charge in [0.05, 0.1) is 6.54 Å². The van der Waals surface area contributed by atoms with Crippen LogP contribution >= 0.6 is 0 Å². The Balaban J connectivity index is 2.95. The topological polar surface area (TPSA) is 62.2 Å². The van der Waals surface area contributed by atoms with Crippen molar-refractivity contribution in [3.63, 3.8) is 0 Å². The van der Waals surface area contributed by atoms with Gasteiger partial charge in [-0.2, -0.15) is 13.2 Å². The number of carbonyl (C=O) groups is 1. The zero-order valence-corrected chi connectivity index (χ0v) is 8.95. The van der Waals surface area contributed by atoms with E-state index in [1.54, 1.807) is 0 Å². The predicted molar refractivity (Wildman–Crippen MR) is 53.3 cm³/mol. The number of pyridine rings is 1. The molecule has 1 rings (SSSR count). The van der Waals surface area contributed by atoms with Crippen LogP contribution in [-0.2, 0) is 10.3 Å². The maximum Gasteiger partial charge on any atom is 0.401 e. The van der Waals surface area contributed by atoms with Crippen molar-refractivity contribution in [3.05, 3.63) is 30.1 Å². The van der Waals surface area contributed by atoms with E-state index in [4.69, 9.17) is 5.11 Å². The van der Waals surface area contributed by atoms with E-state index < -0.39 is 24.2 Å². The lowest BCUT2D eigenvalue weighted by Crippen LogP contribution is -2.50. The average Bonchev–Trinajstić information content (AvgIpc) is 2.26. The van der Waals surface area contributed by atoms with Gasteiger partial charge in [-0.25, -0.2) is 4.79 Å². The number of nitrogens with one attached hydrogen (secondary N) is 1. The number of aliphatic carboxylic acids is 1. The maximum absolute atomic E-state index is 12.1. The summed E-state index contributed by atoms with van der Waals surface area (Å²) in [5, 5.41) is 11.0. The molecule has 1 aromatic rings. The molecule has 0 spiro atoms. The van der Waals surface area contributed by atoms with E-state index in [2.05, 4.69) is 4.98 Å². The Morgan fingerprint density at radius 2 is 2.18 bits per heavy atom. The molecule has 7 heteroatoms. The van der Waals surface area contributed by atoms with Crippen LogP contribution in [0.15, 0.2) is 24.5 Å². The highest BCUT2D eigenvalue weighted by atomic mass is 19.4. The van der Waals surface area contributed by atoms with Gasteiger partial charge >= 0.3 is 12.1 Å². The van der Waals surface area contributed by atoms with Gasteiger partial charge in [0.25, 0.3) is 0 Å². The molecule has 94 valence electrons. The number of alkyl halides is 3. The van der Waals surface area contributed by atoms with Crippen LogP contribution < -0.4 is 5.32 Å². The van der Waals surface area contributed by atoms with Gasteiger partial charge in [0, 0.05) is 18.0 Å². The van der Waals surface area contributed by atoms with Gasteiger partial charge in [-0.15, -0.1) is 0 Å². The molecule has 0 saturated carbocycles. The summed E-state index contributed by atoms with van der Waals surface area (Å²) in [6, 6.07) is 2.87. The lowest BCUT2D eigenvalue weighted by atomic mass is 9.93. The monoisotopic (exact) mass is 248 g/mol. The maximum atomic E-state index is 12.1. The van der Waals surface area contributed by atoms with E-state index in [1.807, 2.05) is 5.32 Å². The zero-order chi connectivity index (χ0) is 13.1. The van der Waals surface area contributed by atoms with Crippen LogP contribution in [-0.4, -0.2) is 28.8 Å². The summed E-state index contributed by atoms with van der Waals surface area (Å²) in [5.74, 6) is -1.39. The highest BCUT2D eigenvalue weighted by Crippen LogP contribution is 2.22. The van der Waals surface area contributed by atoms with Gasteiger partial charge in [0.1, 0.15) is 5.54 Å². The number of hydrogen-bond donors (Lipinski definition) is 2. The van der Waals surface area contributed by atoms with Crippen LogP contribution in [0.3, 0.4) is 0 Å². The number of aromatic nitrogens is 1. The summed E-state index contributed by atoms with van der Waals surface area (Å²) in [4.78, 5) is 14.8. The third-order valence-corrected chi connectivity index (χ3v) is 2.31. The number of nitrogens with zero attached hydrogens (tertiary/aromatic N) is 1. The molecule has 0 amide bonds. The third-order valence-electron chi connectivity index (χ3n) is 2.31. The molecule has 0 bridgehead atoms. The standard InChI is InChI=1S/C10H11F3N2O2/c1-9(8(16)17,15-6-10(11,12)13)7-3-2-4-14-5-7/h2-5,15H,6H2,1H3,(H,16,17).